The molecule has 0 spiro atoms. The van der Waals surface area contributed by atoms with E-state index in [2.05, 4.69) is 10.6 Å². The van der Waals surface area contributed by atoms with E-state index in [0.29, 0.717) is 23.3 Å². The van der Waals surface area contributed by atoms with Crippen LogP contribution in [0.15, 0.2) is 48.5 Å². The molecular formula is C31H33N5O8S. The second kappa shape index (κ2) is 13.5. The number of esters is 1. The Balaban J connectivity index is 1.31. The molecule has 0 unspecified atom stereocenters. The highest BCUT2D eigenvalue weighted by atomic mass is 32.2. The van der Waals surface area contributed by atoms with Crippen LogP contribution in [-0.4, -0.2) is 114 Å². The summed E-state index contributed by atoms with van der Waals surface area (Å²) in [6, 6.07) is 9.87. The van der Waals surface area contributed by atoms with Gasteiger partial charge < -0.3 is 25.2 Å². The van der Waals surface area contributed by atoms with Gasteiger partial charge in [0.1, 0.15) is 31.3 Å². The first-order valence-electron chi connectivity index (χ1n) is 14.5. The summed E-state index contributed by atoms with van der Waals surface area (Å²) in [5, 5.41) is 5.29. The molecule has 45 heavy (non-hydrogen) atoms. The van der Waals surface area contributed by atoms with Crippen molar-refractivity contribution in [3.05, 3.63) is 70.8 Å². The number of imide groups is 1. The third kappa shape index (κ3) is 6.70. The molecule has 1 saturated heterocycles. The fraction of sp³-hybridized carbons (Fsp3) is 0.387. The van der Waals surface area contributed by atoms with Gasteiger partial charge in [-0.25, -0.2) is 4.79 Å². The number of fused-ring (bicyclic) bond motifs is 2. The predicted octanol–water partition coefficient (Wildman–Crippen LogP) is 0.435. The number of likely N-dealkylation sites (tertiary alicyclic amines) is 1. The topological polar surface area (TPSA) is 162 Å². The van der Waals surface area contributed by atoms with Crippen LogP contribution in [0.25, 0.3) is 0 Å². The number of benzene rings is 2. The van der Waals surface area contributed by atoms with Gasteiger partial charge in [0.2, 0.25) is 23.6 Å². The number of carbonyl (C=O) groups is 7. The largest absolute Gasteiger partial charge is 0.459 e. The molecule has 2 aromatic rings. The molecule has 5 rings (SSSR count). The van der Waals surface area contributed by atoms with Gasteiger partial charge in [-0.15, -0.1) is 0 Å². The van der Waals surface area contributed by atoms with E-state index in [9.17, 15) is 33.6 Å². The lowest BCUT2D eigenvalue weighted by Crippen LogP contribution is -2.58. The minimum atomic E-state index is -1.37. The maximum absolute atomic E-state index is 13.5. The van der Waals surface area contributed by atoms with Crippen molar-refractivity contribution in [1.29, 1.82) is 0 Å². The Morgan fingerprint density at radius 1 is 0.978 bits per heavy atom. The van der Waals surface area contributed by atoms with Crippen molar-refractivity contribution in [2.24, 2.45) is 0 Å². The van der Waals surface area contributed by atoms with Gasteiger partial charge in [-0.05, 0) is 36.6 Å². The standard InChI is InChI=1S/C31H33N5O8S/c1-34(2)30(42)23-17-45-16-18-8-3-4-9-19(18)31(43)44-15-22(26(38)33-23)32-27(39)24-12-7-13-35(24)25(37)14-36-28(40)20-10-5-6-11-21(20)29(36)41/h3-6,8-11,22-24H,7,12-17H2,1-2H3,(H,32,39)(H,33,38)/t22-,23-,24+/m1/s1. The highest BCUT2D eigenvalue weighted by molar-refractivity contribution is 7.98. The third-order valence-corrected chi connectivity index (χ3v) is 8.98. The number of hydrogen-bond acceptors (Lipinski definition) is 9. The zero-order valence-electron chi connectivity index (χ0n) is 24.8. The quantitative estimate of drug-likeness (QED) is 0.351. The summed E-state index contributed by atoms with van der Waals surface area (Å²) >= 11 is 1.36. The summed E-state index contributed by atoms with van der Waals surface area (Å²) in [4.78, 5) is 95.3. The van der Waals surface area contributed by atoms with Crippen molar-refractivity contribution >= 4 is 53.2 Å². The summed E-state index contributed by atoms with van der Waals surface area (Å²) < 4.78 is 5.47. The van der Waals surface area contributed by atoms with Gasteiger partial charge in [0.05, 0.1) is 16.7 Å². The maximum atomic E-state index is 13.5. The molecule has 0 aliphatic carbocycles. The minimum Gasteiger partial charge on any atom is -0.459 e. The van der Waals surface area contributed by atoms with Crippen molar-refractivity contribution in [3.63, 3.8) is 0 Å². The predicted molar refractivity (Wildman–Crippen MR) is 162 cm³/mol. The molecule has 2 aromatic carbocycles. The summed E-state index contributed by atoms with van der Waals surface area (Å²) in [5.41, 5.74) is 1.43. The first-order chi connectivity index (χ1) is 21.6. The van der Waals surface area contributed by atoms with Crippen molar-refractivity contribution < 1.29 is 38.3 Å². The van der Waals surface area contributed by atoms with E-state index in [1.165, 1.54) is 33.7 Å². The fourth-order valence-corrected chi connectivity index (χ4v) is 6.58. The number of amides is 6. The number of nitrogens with zero attached hydrogens (tertiary/aromatic N) is 3. The molecule has 2 N–H and O–H groups in total. The van der Waals surface area contributed by atoms with Gasteiger partial charge in [-0.2, -0.15) is 11.8 Å². The Morgan fingerprint density at radius 2 is 1.62 bits per heavy atom. The number of ether oxygens (including phenoxy) is 1. The molecule has 3 atom stereocenters. The van der Waals surface area contributed by atoms with Gasteiger partial charge in [-0.3, -0.25) is 33.7 Å². The first-order valence-corrected chi connectivity index (χ1v) is 15.6. The highest BCUT2D eigenvalue weighted by Gasteiger charge is 2.41. The average Bonchev–Trinajstić information content (AvgIpc) is 3.62. The number of likely N-dealkylation sites (N-methyl/N-ethyl adjacent to an activating group) is 1. The summed E-state index contributed by atoms with van der Waals surface area (Å²) in [5.74, 6) is -3.55. The molecular weight excluding hydrogens is 602 g/mol. The van der Waals surface area contributed by atoms with Crippen molar-refractivity contribution in [2.75, 3.05) is 39.5 Å². The lowest BCUT2D eigenvalue weighted by Gasteiger charge is -2.29. The van der Waals surface area contributed by atoms with Crippen LogP contribution in [0.1, 0.15) is 49.5 Å². The smallest absolute Gasteiger partial charge is 0.338 e. The minimum absolute atomic E-state index is 0.208. The van der Waals surface area contributed by atoms with Crippen molar-refractivity contribution in [2.45, 2.75) is 36.7 Å². The average molecular weight is 636 g/mol. The highest BCUT2D eigenvalue weighted by Crippen LogP contribution is 2.24. The zero-order chi connectivity index (χ0) is 32.2. The van der Waals surface area contributed by atoms with Crippen LogP contribution >= 0.6 is 11.8 Å². The monoisotopic (exact) mass is 635 g/mol. The van der Waals surface area contributed by atoms with E-state index in [4.69, 9.17) is 4.74 Å². The summed E-state index contributed by atoms with van der Waals surface area (Å²) in [6.07, 6.45) is 0.755. The van der Waals surface area contributed by atoms with Crippen LogP contribution in [0.5, 0.6) is 0 Å². The Labute approximate surface area is 263 Å². The van der Waals surface area contributed by atoms with Gasteiger partial charge in [0.15, 0.2) is 0 Å². The zero-order valence-corrected chi connectivity index (χ0v) is 25.6. The van der Waals surface area contributed by atoms with Gasteiger partial charge in [0.25, 0.3) is 11.8 Å². The van der Waals surface area contributed by atoms with Crippen molar-refractivity contribution in [1.82, 2.24) is 25.3 Å². The van der Waals surface area contributed by atoms with E-state index in [1.807, 2.05) is 0 Å². The molecule has 3 aliphatic heterocycles. The van der Waals surface area contributed by atoms with Crippen molar-refractivity contribution in [3.8, 4) is 0 Å². The van der Waals surface area contributed by atoms with E-state index >= 15 is 0 Å². The third-order valence-electron chi connectivity index (χ3n) is 7.90. The SMILES string of the molecule is CN(C)C(=O)[C@H]1CSCc2ccccc2C(=O)OC[C@@H](NC(=O)[C@@H]2CCCN2C(=O)CN2C(=O)c3ccccc3C2=O)C(=O)N1. The molecule has 0 radical (unpaired) electrons. The number of thioether (sulfide) groups is 1. The molecule has 1 fully saturated rings. The molecule has 236 valence electrons. The molecule has 3 heterocycles. The lowest BCUT2D eigenvalue weighted by atomic mass is 10.1. The Morgan fingerprint density at radius 3 is 2.29 bits per heavy atom. The van der Waals surface area contributed by atoms with Gasteiger partial charge in [0, 0.05) is 32.1 Å². The number of carbonyl (C=O) groups excluding carboxylic acids is 7. The lowest BCUT2D eigenvalue weighted by molar-refractivity contribution is -0.140. The van der Waals surface area contributed by atoms with E-state index < -0.39 is 66.8 Å². The molecule has 13 nitrogen and oxygen atoms in total. The van der Waals surface area contributed by atoms with Crippen LogP contribution in [0.4, 0.5) is 0 Å². The summed E-state index contributed by atoms with van der Waals surface area (Å²) in [6.45, 7) is -0.848. The molecule has 0 saturated carbocycles. The number of nitrogens with one attached hydrogen (secondary N) is 2. The second-order valence-corrected chi connectivity index (χ2v) is 12.1. The number of cyclic esters (lactones) is 1. The number of rotatable bonds is 5. The molecule has 3 aliphatic rings. The van der Waals surface area contributed by atoms with Crippen LogP contribution in [-0.2, 0) is 29.7 Å². The maximum Gasteiger partial charge on any atom is 0.338 e. The van der Waals surface area contributed by atoms with E-state index in [0.717, 1.165) is 4.90 Å². The van der Waals surface area contributed by atoms with Crippen LogP contribution < -0.4 is 10.6 Å². The normalized spacial score (nSPS) is 22.0. The van der Waals surface area contributed by atoms with Crippen LogP contribution in [0.3, 0.4) is 0 Å². The van der Waals surface area contributed by atoms with Crippen LogP contribution in [0, 0.1) is 0 Å². The molecule has 6 amide bonds. The summed E-state index contributed by atoms with van der Waals surface area (Å²) in [7, 11) is 3.14. The van der Waals surface area contributed by atoms with E-state index in [-0.39, 0.29) is 35.8 Å². The fourth-order valence-electron chi connectivity index (χ4n) is 5.52. The van der Waals surface area contributed by atoms with E-state index in [1.54, 1.807) is 50.5 Å². The molecule has 14 heteroatoms. The Kier molecular flexibility index (Phi) is 9.51. The number of hydrogen-bond donors (Lipinski definition) is 2. The van der Waals surface area contributed by atoms with Gasteiger partial charge >= 0.3 is 5.97 Å². The Hall–Kier alpha value is -4.72. The van der Waals surface area contributed by atoms with Gasteiger partial charge in [-0.1, -0.05) is 30.3 Å². The van der Waals surface area contributed by atoms with Crippen LogP contribution in [0.2, 0.25) is 0 Å². The molecule has 0 bridgehead atoms. The molecule has 0 aromatic heterocycles. The second-order valence-electron chi connectivity index (χ2n) is 11.1. The first kappa shape index (κ1) is 31.7. The Bertz CT molecular complexity index is 1530.